The van der Waals surface area contributed by atoms with Crippen molar-refractivity contribution >= 4 is 10.0 Å². The minimum Gasteiger partial charge on any atom is -0.248 e. The van der Waals surface area contributed by atoms with Crippen LogP contribution < -0.4 is 4.72 Å². The van der Waals surface area contributed by atoms with Gasteiger partial charge in [-0.25, -0.2) is 22.8 Å². The molecule has 0 saturated heterocycles. The Balaban J connectivity index is 1.50. The predicted molar refractivity (Wildman–Crippen MR) is 99.1 cm³/mol. The highest BCUT2D eigenvalue weighted by molar-refractivity contribution is 7.89. The topological polar surface area (TPSA) is 76.9 Å². The Morgan fingerprint density at radius 1 is 1.04 bits per heavy atom. The maximum atomic E-state index is 12.7. The Morgan fingerprint density at radius 2 is 1.73 bits per heavy atom. The summed E-state index contributed by atoms with van der Waals surface area (Å²) in [6.07, 6.45) is 1.44. The van der Waals surface area contributed by atoms with Gasteiger partial charge in [-0.1, -0.05) is 42.5 Å². The third kappa shape index (κ3) is 3.40. The summed E-state index contributed by atoms with van der Waals surface area (Å²) >= 11 is 0. The van der Waals surface area contributed by atoms with Crippen LogP contribution in [0.1, 0.15) is 18.1 Å². The molecule has 7 heteroatoms. The van der Waals surface area contributed by atoms with Crippen molar-refractivity contribution in [3.05, 3.63) is 66.2 Å². The van der Waals surface area contributed by atoms with Gasteiger partial charge in [0.1, 0.15) is 11.6 Å². The van der Waals surface area contributed by atoms with Crippen LogP contribution in [0.25, 0.3) is 11.1 Å². The fraction of sp³-hybridized carbons (Fsp3) is 0.263. The number of fused-ring (bicyclic) bond motifs is 1. The van der Waals surface area contributed by atoms with Crippen molar-refractivity contribution in [2.45, 2.75) is 37.2 Å². The molecular formula is C19H20N4O2S. The van der Waals surface area contributed by atoms with Crippen molar-refractivity contribution in [1.29, 1.82) is 0 Å². The van der Waals surface area contributed by atoms with Gasteiger partial charge in [-0.15, -0.1) is 0 Å². The molecule has 1 N–H and O–H groups in total. The average molecular weight is 368 g/mol. The number of aromatic nitrogens is 3. The van der Waals surface area contributed by atoms with Crippen LogP contribution in [0.2, 0.25) is 0 Å². The molecule has 2 aromatic carbocycles. The molecule has 4 rings (SSSR count). The predicted octanol–water partition coefficient (Wildman–Crippen LogP) is 2.55. The Labute approximate surface area is 153 Å². The molecule has 134 valence electrons. The molecule has 1 aliphatic rings. The zero-order valence-electron chi connectivity index (χ0n) is 14.5. The Bertz CT molecular complexity index is 1010. The molecule has 1 aromatic heterocycles. The van der Waals surface area contributed by atoms with E-state index in [0.29, 0.717) is 6.54 Å². The first-order valence-electron chi connectivity index (χ1n) is 8.59. The molecule has 1 atom stereocenters. The molecule has 1 aliphatic heterocycles. The lowest BCUT2D eigenvalue weighted by atomic mass is 10.1. The van der Waals surface area contributed by atoms with Crippen molar-refractivity contribution in [2.75, 3.05) is 0 Å². The second kappa shape index (κ2) is 6.66. The van der Waals surface area contributed by atoms with Crippen LogP contribution in [0.5, 0.6) is 0 Å². The van der Waals surface area contributed by atoms with Gasteiger partial charge in [-0.2, -0.15) is 5.10 Å². The zero-order chi connectivity index (χ0) is 18.1. The molecule has 0 spiro atoms. The van der Waals surface area contributed by atoms with Crippen molar-refractivity contribution in [1.82, 2.24) is 19.5 Å². The van der Waals surface area contributed by atoms with E-state index >= 15 is 0 Å². The second-order valence-corrected chi connectivity index (χ2v) is 8.22. The summed E-state index contributed by atoms with van der Waals surface area (Å²) in [5.74, 6) is 1.64. The number of benzene rings is 2. The van der Waals surface area contributed by atoms with Gasteiger partial charge >= 0.3 is 0 Å². The smallest absolute Gasteiger partial charge is 0.240 e. The van der Waals surface area contributed by atoms with E-state index in [-0.39, 0.29) is 10.9 Å². The molecule has 0 bridgehead atoms. The molecular weight excluding hydrogens is 348 g/mol. The highest BCUT2D eigenvalue weighted by Gasteiger charge is 2.25. The molecule has 3 aromatic rings. The first kappa shape index (κ1) is 16.9. The van der Waals surface area contributed by atoms with Crippen LogP contribution >= 0.6 is 0 Å². The van der Waals surface area contributed by atoms with Gasteiger partial charge in [0, 0.05) is 12.5 Å². The van der Waals surface area contributed by atoms with Crippen LogP contribution in [0, 0.1) is 6.92 Å². The number of rotatable bonds is 4. The Hall–Kier alpha value is -2.51. The van der Waals surface area contributed by atoms with E-state index in [9.17, 15) is 8.42 Å². The standard InChI is InChI=1S/C19H20N4O2S/c1-14-20-19-12-9-17(13-23(19)21-14)22-26(24,25)18-10-7-16(8-11-18)15-5-3-2-4-6-15/h2-8,10-11,17,22H,9,12-13H2,1H3. The average Bonchev–Trinajstić information content (AvgIpc) is 3.01. The lowest BCUT2D eigenvalue weighted by Crippen LogP contribution is -2.41. The largest absolute Gasteiger partial charge is 0.248 e. The summed E-state index contributed by atoms with van der Waals surface area (Å²) in [6.45, 7) is 2.36. The SMILES string of the molecule is Cc1nc2n(n1)CC(NS(=O)(=O)c1ccc(-c3ccccc3)cc1)CC2. The number of hydrogen-bond acceptors (Lipinski definition) is 4. The van der Waals surface area contributed by atoms with Gasteiger partial charge in [-0.05, 0) is 36.6 Å². The summed E-state index contributed by atoms with van der Waals surface area (Å²) in [5.41, 5.74) is 2.05. The lowest BCUT2D eigenvalue weighted by Gasteiger charge is -2.23. The molecule has 6 nitrogen and oxygen atoms in total. The van der Waals surface area contributed by atoms with E-state index in [1.807, 2.05) is 49.4 Å². The maximum absolute atomic E-state index is 12.7. The van der Waals surface area contributed by atoms with E-state index in [2.05, 4.69) is 14.8 Å². The van der Waals surface area contributed by atoms with Gasteiger partial charge in [-0.3, -0.25) is 0 Å². The van der Waals surface area contributed by atoms with Crippen LogP contribution in [-0.4, -0.2) is 29.2 Å². The molecule has 0 amide bonds. The van der Waals surface area contributed by atoms with E-state index in [0.717, 1.165) is 35.6 Å². The van der Waals surface area contributed by atoms with E-state index in [1.165, 1.54) is 0 Å². The summed E-state index contributed by atoms with van der Waals surface area (Å²) < 4.78 is 30.0. The minimum absolute atomic E-state index is 0.178. The molecule has 2 heterocycles. The van der Waals surface area contributed by atoms with Crippen molar-refractivity contribution in [2.24, 2.45) is 0 Å². The van der Waals surface area contributed by atoms with E-state index in [1.54, 1.807) is 16.8 Å². The summed E-state index contributed by atoms with van der Waals surface area (Å²) in [4.78, 5) is 4.63. The highest BCUT2D eigenvalue weighted by Crippen LogP contribution is 2.22. The molecule has 1 unspecified atom stereocenters. The van der Waals surface area contributed by atoms with Crippen molar-refractivity contribution in [3.63, 3.8) is 0 Å². The molecule has 26 heavy (non-hydrogen) atoms. The molecule has 0 radical (unpaired) electrons. The molecule has 0 saturated carbocycles. The first-order chi connectivity index (χ1) is 12.5. The monoisotopic (exact) mass is 368 g/mol. The van der Waals surface area contributed by atoms with E-state index < -0.39 is 10.0 Å². The number of aryl methyl sites for hydroxylation is 2. The van der Waals surface area contributed by atoms with Gasteiger partial charge in [0.25, 0.3) is 0 Å². The van der Waals surface area contributed by atoms with Gasteiger partial charge in [0.05, 0.1) is 11.4 Å². The Morgan fingerprint density at radius 3 is 2.46 bits per heavy atom. The third-order valence-corrected chi connectivity index (χ3v) is 6.09. The number of nitrogens with one attached hydrogen (secondary N) is 1. The van der Waals surface area contributed by atoms with Crippen molar-refractivity contribution < 1.29 is 8.42 Å². The number of sulfonamides is 1. The fourth-order valence-electron chi connectivity index (χ4n) is 3.27. The van der Waals surface area contributed by atoms with Crippen LogP contribution in [0.4, 0.5) is 0 Å². The van der Waals surface area contributed by atoms with Crippen LogP contribution in [0.15, 0.2) is 59.5 Å². The van der Waals surface area contributed by atoms with Gasteiger partial charge < -0.3 is 0 Å². The zero-order valence-corrected chi connectivity index (χ0v) is 15.3. The lowest BCUT2D eigenvalue weighted by molar-refractivity contribution is 0.395. The van der Waals surface area contributed by atoms with Crippen LogP contribution in [-0.2, 0) is 23.0 Å². The van der Waals surface area contributed by atoms with Gasteiger partial charge in [0.2, 0.25) is 10.0 Å². The summed E-state index contributed by atoms with van der Waals surface area (Å²) in [5, 5.41) is 4.32. The normalized spacial score (nSPS) is 17.0. The molecule has 0 aliphatic carbocycles. The third-order valence-electron chi connectivity index (χ3n) is 4.56. The highest BCUT2D eigenvalue weighted by atomic mass is 32.2. The van der Waals surface area contributed by atoms with E-state index in [4.69, 9.17) is 0 Å². The van der Waals surface area contributed by atoms with Crippen molar-refractivity contribution in [3.8, 4) is 11.1 Å². The summed E-state index contributed by atoms with van der Waals surface area (Å²) in [7, 11) is -3.57. The van der Waals surface area contributed by atoms with Crippen LogP contribution in [0.3, 0.4) is 0 Å². The molecule has 0 fully saturated rings. The minimum atomic E-state index is -3.57. The fourth-order valence-corrected chi connectivity index (χ4v) is 4.54. The second-order valence-electron chi connectivity index (χ2n) is 6.50. The summed E-state index contributed by atoms with van der Waals surface area (Å²) in [6, 6.07) is 16.7. The van der Waals surface area contributed by atoms with Gasteiger partial charge in [0.15, 0.2) is 0 Å². The number of hydrogen-bond donors (Lipinski definition) is 1. The quantitative estimate of drug-likeness (QED) is 0.768. The maximum Gasteiger partial charge on any atom is 0.240 e. The Kier molecular flexibility index (Phi) is 4.34. The first-order valence-corrected chi connectivity index (χ1v) is 10.1. The number of nitrogens with zero attached hydrogens (tertiary/aromatic N) is 3.